The SMILES string of the molecule is Cc1nnc(NC(=O)[C@H](C)NC(=O)N2CCN(c3ccc(F)cc3)CC2)s1. The van der Waals surface area contributed by atoms with Crippen molar-refractivity contribution in [3.05, 3.63) is 35.1 Å². The standard InChI is InChI=1S/C17H21FN6O2S/c1-11(15(25)20-16-22-21-12(2)27-16)19-17(26)24-9-7-23(8-10-24)14-5-3-13(18)4-6-14/h3-6,11H,7-10H2,1-2H3,(H,19,26)(H,20,22,25)/t11-/m0/s1. The maximum absolute atomic E-state index is 13.0. The molecule has 3 rings (SSSR count). The van der Waals surface area contributed by atoms with Crippen molar-refractivity contribution < 1.29 is 14.0 Å². The van der Waals surface area contributed by atoms with Gasteiger partial charge in [-0.05, 0) is 38.1 Å². The molecular formula is C17H21FN6O2S. The number of carbonyl (C=O) groups excluding carboxylic acids is 2. The van der Waals surface area contributed by atoms with Gasteiger partial charge >= 0.3 is 6.03 Å². The van der Waals surface area contributed by atoms with Crippen LogP contribution < -0.4 is 15.5 Å². The lowest BCUT2D eigenvalue weighted by molar-refractivity contribution is -0.117. The minimum Gasteiger partial charge on any atom is -0.368 e. The van der Waals surface area contributed by atoms with Crippen LogP contribution in [0, 0.1) is 12.7 Å². The molecule has 1 aliphatic heterocycles. The molecule has 0 aliphatic carbocycles. The highest BCUT2D eigenvalue weighted by Gasteiger charge is 2.24. The zero-order chi connectivity index (χ0) is 19.4. The molecule has 1 fully saturated rings. The van der Waals surface area contributed by atoms with Gasteiger partial charge in [0.05, 0.1) is 0 Å². The fourth-order valence-corrected chi connectivity index (χ4v) is 3.32. The number of amides is 3. The molecule has 27 heavy (non-hydrogen) atoms. The second-order valence-corrected chi connectivity index (χ2v) is 7.42. The Bertz CT molecular complexity index is 804. The smallest absolute Gasteiger partial charge is 0.318 e. The molecule has 1 saturated heterocycles. The minimum atomic E-state index is -0.697. The molecule has 8 nitrogen and oxygen atoms in total. The van der Waals surface area contributed by atoms with Crippen LogP contribution in [-0.2, 0) is 4.79 Å². The van der Waals surface area contributed by atoms with E-state index in [4.69, 9.17) is 0 Å². The van der Waals surface area contributed by atoms with Crippen molar-refractivity contribution in [1.82, 2.24) is 20.4 Å². The predicted octanol–water partition coefficient (Wildman–Crippen LogP) is 1.84. The normalized spacial score (nSPS) is 15.4. The molecule has 3 amide bonds. The van der Waals surface area contributed by atoms with Gasteiger partial charge in [0.1, 0.15) is 16.9 Å². The second-order valence-electron chi connectivity index (χ2n) is 6.24. The Morgan fingerprint density at radius 1 is 1.15 bits per heavy atom. The third kappa shape index (κ3) is 4.91. The van der Waals surface area contributed by atoms with E-state index in [1.54, 1.807) is 30.9 Å². The molecule has 2 heterocycles. The molecule has 2 N–H and O–H groups in total. The molecule has 144 valence electrons. The van der Waals surface area contributed by atoms with Crippen molar-refractivity contribution in [3.63, 3.8) is 0 Å². The maximum atomic E-state index is 13.0. The summed E-state index contributed by atoms with van der Waals surface area (Å²) in [6.45, 7) is 5.74. The van der Waals surface area contributed by atoms with E-state index < -0.39 is 6.04 Å². The molecular weight excluding hydrogens is 371 g/mol. The molecule has 0 radical (unpaired) electrons. The van der Waals surface area contributed by atoms with Gasteiger partial charge in [-0.25, -0.2) is 9.18 Å². The number of nitrogens with zero attached hydrogens (tertiary/aromatic N) is 4. The number of hydrogen-bond donors (Lipinski definition) is 2. The molecule has 1 atom stereocenters. The predicted molar refractivity (Wildman–Crippen MR) is 101 cm³/mol. The maximum Gasteiger partial charge on any atom is 0.318 e. The Labute approximate surface area is 160 Å². The van der Waals surface area contributed by atoms with Gasteiger partial charge in [0.15, 0.2) is 0 Å². The highest BCUT2D eigenvalue weighted by Crippen LogP contribution is 2.17. The van der Waals surface area contributed by atoms with Crippen LogP contribution in [0.25, 0.3) is 0 Å². The first-order valence-electron chi connectivity index (χ1n) is 8.59. The fraction of sp³-hybridized carbons (Fsp3) is 0.412. The number of aromatic nitrogens is 2. The van der Waals surface area contributed by atoms with Crippen molar-refractivity contribution >= 4 is 34.1 Å². The lowest BCUT2D eigenvalue weighted by atomic mass is 10.2. The number of anilines is 2. The number of piperazine rings is 1. The largest absolute Gasteiger partial charge is 0.368 e. The third-order valence-corrected chi connectivity index (χ3v) is 5.00. The summed E-state index contributed by atoms with van der Waals surface area (Å²) in [6.07, 6.45) is 0. The highest BCUT2D eigenvalue weighted by molar-refractivity contribution is 7.15. The average molecular weight is 392 g/mol. The Morgan fingerprint density at radius 2 is 1.81 bits per heavy atom. The number of hydrogen-bond acceptors (Lipinski definition) is 6. The first-order chi connectivity index (χ1) is 12.9. The van der Waals surface area contributed by atoms with Gasteiger partial charge in [0, 0.05) is 31.9 Å². The summed E-state index contributed by atoms with van der Waals surface area (Å²) in [5.74, 6) is -0.614. The van der Waals surface area contributed by atoms with Crippen LogP contribution in [0.15, 0.2) is 24.3 Å². The average Bonchev–Trinajstić information content (AvgIpc) is 3.07. The number of benzene rings is 1. The monoisotopic (exact) mass is 392 g/mol. The van der Waals surface area contributed by atoms with Crippen molar-refractivity contribution in [2.45, 2.75) is 19.9 Å². The van der Waals surface area contributed by atoms with Crippen LogP contribution in [0.3, 0.4) is 0 Å². The van der Waals surface area contributed by atoms with Gasteiger partial charge in [-0.3, -0.25) is 10.1 Å². The van der Waals surface area contributed by atoms with Gasteiger partial charge in [-0.1, -0.05) is 11.3 Å². The molecule has 0 bridgehead atoms. The molecule has 2 aromatic rings. The molecule has 0 unspecified atom stereocenters. The lowest BCUT2D eigenvalue weighted by Gasteiger charge is -2.36. The first-order valence-corrected chi connectivity index (χ1v) is 9.41. The van der Waals surface area contributed by atoms with Crippen molar-refractivity contribution in [2.75, 3.05) is 36.4 Å². The zero-order valence-electron chi connectivity index (χ0n) is 15.1. The van der Waals surface area contributed by atoms with E-state index >= 15 is 0 Å². The molecule has 0 spiro atoms. The van der Waals surface area contributed by atoms with Crippen molar-refractivity contribution in [3.8, 4) is 0 Å². The molecule has 0 saturated carbocycles. The zero-order valence-corrected chi connectivity index (χ0v) is 15.9. The summed E-state index contributed by atoms with van der Waals surface area (Å²) in [5.41, 5.74) is 0.927. The van der Waals surface area contributed by atoms with Crippen LogP contribution in [0.4, 0.5) is 20.0 Å². The van der Waals surface area contributed by atoms with E-state index in [9.17, 15) is 14.0 Å². The van der Waals surface area contributed by atoms with Crippen molar-refractivity contribution in [1.29, 1.82) is 0 Å². The number of nitrogens with one attached hydrogen (secondary N) is 2. The molecule has 10 heteroatoms. The van der Waals surface area contributed by atoms with Gasteiger partial charge in [-0.2, -0.15) is 0 Å². The topological polar surface area (TPSA) is 90.5 Å². The minimum absolute atomic E-state index is 0.271. The number of rotatable bonds is 4. The van der Waals surface area contributed by atoms with Crippen LogP contribution in [0.5, 0.6) is 0 Å². The number of halogens is 1. The van der Waals surface area contributed by atoms with Crippen molar-refractivity contribution in [2.24, 2.45) is 0 Å². The van der Waals surface area contributed by atoms with Crippen LogP contribution in [0.2, 0.25) is 0 Å². The Kier molecular flexibility index (Phi) is 5.84. The van der Waals surface area contributed by atoms with Gasteiger partial charge in [0.25, 0.3) is 0 Å². The van der Waals surface area contributed by atoms with Crippen LogP contribution in [0.1, 0.15) is 11.9 Å². The van der Waals surface area contributed by atoms with E-state index in [0.29, 0.717) is 31.3 Å². The van der Waals surface area contributed by atoms with E-state index in [-0.39, 0.29) is 17.8 Å². The van der Waals surface area contributed by atoms with E-state index in [2.05, 4.69) is 25.7 Å². The summed E-state index contributed by atoms with van der Waals surface area (Å²) in [7, 11) is 0. The van der Waals surface area contributed by atoms with Crippen LogP contribution in [-0.4, -0.2) is 59.3 Å². The lowest BCUT2D eigenvalue weighted by Crippen LogP contribution is -2.54. The van der Waals surface area contributed by atoms with E-state index in [0.717, 1.165) is 10.7 Å². The number of carbonyl (C=O) groups is 2. The summed E-state index contributed by atoms with van der Waals surface area (Å²) in [4.78, 5) is 28.3. The second kappa shape index (κ2) is 8.30. The number of urea groups is 1. The summed E-state index contributed by atoms with van der Waals surface area (Å²) < 4.78 is 13.0. The van der Waals surface area contributed by atoms with E-state index in [1.807, 2.05) is 0 Å². The number of aryl methyl sites for hydroxylation is 1. The summed E-state index contributed by atoms with van der Waals surface area (Å²) in [5, 5.41) is 14.2. The summed E-state index contributed by atoms with van der Waals surface area (Å²) >= 11 is 1.27. The Balaban J connectivity index is 1.47. The third-order valence-electron chi connectivity index (χ3n) is 4.25. The Hall–Kier alpha value is -2.75. The Morgan fingerprint density at radius 3 is 2.41 bits per heavy atom. The molecule has 1 aliphatic rings. The van der Waals surface area contributed by atoms with Gasteiger partial charge in [0.2, 0.25) is 11.0 Å². The van der Waals surface area contributed by atoms with Gasteiger partial charge in [-0.15, -0.1) is 10.2 Å². The summed E-state index contributed by atoms with van der Waals surface area (Å²) in [6, 6.07) is 5.32. The first kappa shape index (κ1) is 19.0. The van der Waals surface area contributed by atoms with Crippen LogP contribution >= 0.6 is 11.3 Å². The highest BCUT2D eigenvalue weighted by atomic mass is 32.1. The van der Waals surface area contributed by atoms with Gasteiger partial charge < -0.3 is 15.1 Å². The van der Waals surface area contributed by atoms with E-state index in [1.165, 1.54) is 23.5 Å². The quantitative estimate of drug-likeness (QED) is 0.829. The fourth-order valence-electron chi connectivity index (χ4n) is 2.72. The molecule has 1 aromatic heterocycles. The molecule has 1 aromatic carbocycles.